The third kappa shape index (κ3) is 4.61. The maximum absolute atomic E-state index is 13.3. The molecule has 0 aromatic carbocycles. The molecule has 194 valence electrons. The summed E-state index contributed by atoms with van der Waals surface area (Å²) in [7, 11) is -6.03. The Morgan fingerprint density at radius 2 is 0.875 bits per heavy atom. The molecule has 0 radical (unpaired) electrons. The summed E-state index contributed by atoms with van der Waals surface area (Å²) in [6, 6.07) is 0. The highest BCUT2D eigenvalue weighted by Crippen LogP contribution is 2.64. The van der Waals surface area contributed by atoms with Crippen LogP contribution in [0.2, 0.25) is 0 Å². The first kappa shape index (κ1) is 30.9. The van der Waals surface area contributed by atoms with Crippen molar-refractivity contribution >= 4 is 7.82 Å². The molecule has 0 aliphatic carbocycles. The lowest BCUT2D eigenvalue weighted by molar-refractivity contribution is -0.461. The Kier molecular flexibility index (Phi) is 7.73. The summed E-state index contributed by atoms with van der Waals surface area (Å²) in [6.45, 7) is -2.43. The number of phosphoric acid groups is 1. The zero-order valence-corrected chi connectivity index (χ0v) is 14.9. The molecule has 0 saturated heterocycles. The van der Waals surface area contributed by atoms with E-state index in [0.717, 1.165) is 0 Å². The summed E-state index contributed by atoms with van der Waals surface area (Å²) in [4.78, 5) is 18.0. The molecule has 0 saturated carbocycles. The molecule has 0 spiro atoms. The van der Waals surface area contributed by atoms with Crippen molar-refractivity contribution in [3.63, 3.8) is 0 Å². The SMILES string of the molecule is O=P([O-])(O)OCCC(F)(F)C(F)(F)C(F)(F)C(F)(F)C(F)(F)C(F)(F)C(F)(F)C(F)(F)F. The molecule has 1 N–H and O–H groups in total. The highest BCUT2D eigenvalue weighted by atomic mass is 31.2. The lowest BCUT2D eigenvalue weighted by Crippen LogP contribution is -2.74. The second kappa shape index (κ2) is 8.00. The fourth-order valence-corrected chi connectivity index (χ4v) is 1.96. The number of hydrogen-bond donors (Lipinski definition) is 1. The zero-order chi connectivity index (χ0) is 26.6. The van der Waals surface area contributed by atoms with Gasteiger partial charge in [-0.3, -0.25) is 4.57 Å². The van der Waals surface area contributed by atoms with E-state index in [4.69, 9.17) is 4.89 Å². The minimum Gasteiger partial charge on any atom is -0.756 e. The molecule has 22 heteroatoms. The summed E-state index contributed by atoms with van der Waals surface area (Å²) in [5.74, 6) is -57.5. The molecule has 0 amide bonds. The molecular formula is C10H5F17O4P-. The molecule has 0 bridgehead atoms. The molecule has 0 aliphatic rings. The molecule has 0 aromatic rings. The van der Waals surface area contributed by atoms with Crippen molar-refractivity contribution in [3.05, 3.63) is 0 Å². The lowest BCUT2D eigenvalue weighted by atomic mass is 9.88. The minimum absolute atomic E-state index is 2.43. The third-order valence-corrected chi connectivity index (χ3v) is 3.97. The van der Waals surface area contributed by atoms with Crippen LogP contribution in [0.5, 0.6) is 0 Å². The Bertz CT molecular complexity index is 723. The number of alkyl halides is 17. The predicted octanol–water partition coefficient (Wildman–Crippen LogP) is 4.86. The van der Waals surface area contributed by atoms with E-state index in [1.165, 1.54) is 0 Å². The minimum atomic E-state index is -8.74. The third-order valence-electron chi connectivity index (χ3n) is 3.46. The van der Waals surface area contributed by atoms with Crippen LogP contribution in [0.1, 0.15) is 6.42 Å². The van der Waals surface area contributed by atoms with E-state index in [9.17, 15) is 84.1 Å². The van der Waals surface area contributed by atoms with E-state index in [-0.39, 0.29) is 0 Å². The van der Waals surface area contributed by atoms with Gasteiger partial charge in [0.1, 0.15) is 0 Å². The first-order valence-electron chi connectivity index (χ1n) is 6.85. The van der Waals surface area contributed by atoms with Gasteiger partial charge in [-0.1, -0.05) is 0 Å². The van der Waals surface area contributed by atoms with Gasteiger partial charge in [0, 0.05) is 6.42 Å². The summed E-state index contributed by atoms with van der Waals surface area (Å²) in [5, 5.41) is 0. The van der Waals surface area contributed by atoms with Gasteiger partial charge < -0.3 is 14.3 Å². The van der Waals surface area contributed by atoms with E-state index in [0.29, 0.717) is 0 Å². The summed E-state index contributed by atoms with van der Waals surface area (Å²) in [5.41, 5.74) is 0. The largest absolute Gasteiger partial charge is 0.756 e. The maximum atomic E-state index is 13.3. The van der Waals surface area contributed by atoms with Gasteiger partial charge in [0.05, 0.1) is 6.61 Å². The van der Waals surface area contributed by atoms with Gasteiger partial charge in [-0.25, -0.2) is 0 Å². The molecule has 0 heterocycles. The van der Waals surface area contributed by atoms with E-state index < -0.39 is 68.5 Å². The Morgan fingerprint density at radius 1 is 0.594 bits per heavy atom. The van der Waals surface area contributed by atoms with Crippen molar-refractivity contribution in [1.82, 2.24) is 0 Å². The quantitative estimate of drug-likeness (QED) is 0.316. The smallest absolute Gasteiger partial charge is 0.460 e. The van der Waals surface area contributed by atoms with Crippen molar-refractivity contribution in [2.24, 2.45) is 0 Å². The normalized spacial score (nSPS) is 18.0. The zero-order valence-electron chi connectivity index (χ0n) is 14.0. The van der Waals surface area contributed by atoms with Crippen molar-refractivity contribution < 1.29 is 93.5 Å². The highest BCUT2D eigenvalue weighted by Gasteiger charge is 2.95. The summed E-state index contributed by atoms with van der Waals surface area (Å²) >= 11 is 0. The molecular weight excluding hydrogens is 538 g/mol. The molecule has 1 unspecified atom stereocenters. The van der Waals surface area contributed by atoms with Crippen molar-refractivity contribution in [2.75, 3.05) is 6.61 Å². The number of halogens is 17. The molecule has 0 fully saturated rings. The molecule has 4 nitrogen and oxygen atoms in total. The average Bonchev–Trinajstić information content (AvgIpc) is 2.50. The fourth-order valence-electron chi connectivity index (χ4n) is 1.64. The number of phosphoric ester groups is 1. The second-order valence-electron chi connectivity index (χ2n) is 5.70. The molecule has 32 heavy (non-hydrogen) atoms. The van der Waals surface area contributed by atoms with Crippen LogP contribution >= 0.6 is 7.82 Å². The number of hydrogen-bond acceptors (Lipinski definition) is 3. The Hall–Kier alpha value is -1.08. The predicted molar refractivity (Wildman–Crippen MR) is 61.1 cm³/mol. The molecule has 0 rings (SSSR count). The first-order valence-corrected chi connectivity index (χ1v) is 8.35. The Labute approximate surface area is 163 Å². The Balaban J connectivity index is 6.44. The van der Waals surface area contributed by atoms with E-state index >= 15 is 0 Å². The van der Waals surface area contributed by atoms with Gasteiger partial charge in [-0.15, -0.1) is 0 Å². The first-order chi connectivity index (χ1) is 13.5. The van der Waals surface area contributed by atoms with Crippen LogP contribution in [-0.2, 0) is 9.09 Å². The van der Waals surface area contributed by atoms with Crippen LogP contribution in [0, 0.1) is 0 Å². The van der Waals surface area contributed by atoms with Crippen LogP contribution < -0.4 is 4.89 Å². The van der Waals surface area contributed by atoms with E-state index in [2.05, 4.69) is 4.52 Å². The molecule has 0 aliphatic heterocycles. The van der Waals surface area contributed by atoms with Crippen molar-refractivity contribution in [2.45, 2.75) is 54.1 Å². The maximum Gasteiger partial charge on any atom is 0.460 e. The fraction of sp³-hybridized carbons (Fsp3) is 1.00. The topological polar surface area (TPSA) is 69.6 Å². The van der Waals surface area contributed by atoms with E-state index in [1.807, 2.05) is 0 Å². The second-order valence-corrected chi connectivity index (χ2v) is 6.90. The van der Waals surface area contributed by atoms with Gasteiger partial charge in [-0.05, 0) is 0 Å². The lowest BCUT2D eigenvalue weighted by Gasteiger charge is -2.42. The monoisotopic (exact) mass is 543 g/mol. The van der Waals surface area contributed by atoms with Crippen LogP contribution in [0.3, 0.4) is 0 Å². The van der Waals surface area contributed by atoms with Crippen molar-refractivity contribution in [3.8, 4) is 0 Å². The average molecular weight is 543 g/mol. The molecule has 1 atom stereocenters. The number of rotatable bonds is 10. The standard InChI is InChI=1S/C10H6F17O4P/c11-3(12,1-2-31-32(28,29)30)4(13,14)5(15,16)6(17,18)7(19,20)8(21,22)9(23,24)10(25,26)27/h1-2H2,(H2,28,29,30)/p-1. The van der Waals surface area contributed by atoms with Crippen LogP contribution in [0.25, 0.3) is 0 Å². The molecule has 0 aromatic heterocycles. The van der Waals surface area contributed by atoms with Gasteiger partial charge in [0.15, 0.2) is 0 Å². The summed E-state index contributed by atoms with van der Waals surface area (Å²) in [6.07, 6.45) is -11.0. The van der Waals surface area contributed by atoms with Gasteiger partial charge in [0.25, 0.3) is 7.82 Å². The van der Waals surface area contributed by atoms with Crippen molar-refractivity contribution in [1.29, 1.82) is 0 Å². The Morgan fingerprint density at radius 3 is 1.16 bits per heavy atom. The van der Waals surface area contributed by atoms with Gasteiger partial charge in [0.2, 0.25) is 0 Å². The van der Waals surface area contributed by atoms with Crippen LogP contribution in [-0.4, -0.2) is 59.1 Å². The van der Waals surface area contributed by atoms with Gasteiger partial charge in [-0.2, -0.15) is 74.6 Å². The van der Waals surface area contributed by atoms with E-state index in [1.54, 1.807) is 0 Å². The summed E-state index contributed by atoms with van der Waals surface area (Å²) < 4.78 is 232. The van der Waals surface area contributed by atoms with Crippen LogP contribution in [0.15, 0.2) is 0 Å². The highest BCUT2D eigenvalue weighted by molar-refractivity contribution is 7.44. The van der Waals surface area contributed by atoms with Gasteiger partial charge >= 0.3 is 47.6 Å². The van der Waals surface area contributed by atoms with Crippen LogP contribution in [0.4, 0.5) is 74.6 Å².